The zero-order valence-electron chi connectivity index (χ0n) is 10.4. The molecule has 100 valence electrons. The van der Waals surface area contributed by atoms with Gasteiger partial charge in [-0.15, -0.1) is 0 Å². The molecule has 19 heavy (non-hydrogen) atoms. The van der Waals surface area contributed by atoms with Crippen molar-refractivity contribution in [2.45, 2.75) is 19.6 Å². The molecule has 0 saturated carbocycles. The Labute approximate surface area is 116 Å². The van der Waals surface area contributed by atoms with Gasteiger partial charge in [-0.1, -0.05) is 17.7 Å². The Morgan fingerprint density at radius 2 is 2.42 bits per heavy atom. The van der Waals surface area contributed by atoms with E-state index < -0.39 is 6.10 Å². The average molecular weight is 280 g/mol. The first kappa shape index (κ1) is 13.4. The van der Waals surface area contributed by atoms with Gasteiger partial charge in [0.15, 0.2) is 6.10 Å². The van der Waals surface area contributed by atoms with Gasteiger partial charge < -0.3 is 15.0 Å². The standard InChI is InChI=1S/C13H14ClN3O2/c1-9(19-12-4-2-3-10(14)5-12)13(18)16-7-11-6-15-8-17-11/h2-6,8-9H,7H2,1H3,(H,15,17)(H,16,18). The Morgan fingerprint density at radius 1 is 1.58 bits per heavy atom. The first-order valence-electron chi connectivity index (χ1n) is 5.82. The number of aromatic nitrogens is 2. The monoisotopic (exact) mass is 279 g/mol. The third-order valence-electron chi connectivity index (χ3n) is 2.49. The van der Waals surface area contributed by atoms with Crippen LogP contribution in [0.5, 0.6) is 5.75 Å². The Balaban J connectivity index is 1.85. The summed E-state index contributed by atoms with van der Waals surface area (Å²) in [4.78, 5) is 18.6. The fraction of sp³-hybridized carbons (Fsp3) is 0.231. The van der Waals surface area contributed by atoms with Gasteiger partial charge >= 0.3 is 0 Å². The number of imidazole rings is 1. The first-order valence-corrected chi connectivity index (χ1v) is 6.20. The summed E-state index contributed by atoms with van der Waals surface area (Å²) in [6.45, 7) is 2.07. The third kappa shape index (κ3) is 3.99. The highest BCUT2D eigenvalue weighted by molar-refractivity contribution is 6.30. The number of nitrogens with one attached hydrogen (secondary N) is 2. The van der Waals surface area contributed by atoms with Crippen LogP contribution >= 0.6 is 11.6 Å². The highest BCUT2D eigenvalue weighted by Crippen LogP contribution is 2.18. The van der Waals surface area contributed by atoms with E-state index in [9.17, 15) is 4.79 Å². The molecule has 1 heterocycles. The summed E-state index contributed by atoms with van der Waals surface area (Å²) in [5.41, 5.74) is 0.836. The molecule has 1 aromatic carbocycles. The van der Waals surface area contributed by atoms with Crippen LogP contribution in [0.25, 0.3) is 0 Å². The van der Waals surface area contributed by atoms with Crippen LogP contribution in [0.4, 0.5) is 0 Å². The van der Waals surface area contributed by atoms with E-state index in [1.807, 2.05) is 0 Å². The minimum atomic E-state index is -0.596. The first-order chi connectivity index (χ1) is 9.15. The highest BCUT2D eigenvalue weighted by Gasteiger charge is 2.14. The topological polar surface area (TPSA) is 67.0 Å². The third-order valence-corrected chi connectivity index (χ3v) is 2.72. The van der Waals surface area contributed by atoms with Gasteiger partial charge in [0.05, 0.1) is 18.6 Å². The predicted molar refractivity (Wildman–Crippen MR) is 72.0 cm³/mol. The van der Waals surface area contributed by atoms with Crippen LogP contribution in [-0.2, 0) is 11.3 Å². The number of amides is 1. The second kappa shape index (κ2) is 6.24. The molecule has 2 N–H and O–H groups in total. The number of rotatable bonds is 5. The van der Waals surface area contributed by atoms with Gasteiger partial charge in [0, 0.05) is 11.2 Å². The van der Waals surface area contributed by atoms with E-state index in [-0.39, 0.29) is 5.91 Å². The number of carbonyl (C=O) groups is 1. The van der Waals surface area contributed by atoms with Gasteiger partial charge in [0.25, 0.3) is 5.91 Å². The van der Waals surface area contributed by atoms with Gasteiger partial charge in [0.2, 0.25) is 0 Å². The Hall–Kier alpha value is -2.01. The number of benzene rings is 1. The summed E-state index contributed by atoms with van der Waals surface area (Å²) >= 11 is 5.84. The molecule has 0 spiro atoms. The number of H-pyrrole nitrogens is 1. The maximum absolute atomic E-state index is 11.8. The lowest BCUT2D eigenvalue weighted by Crippen LogP contribution is -2.35. The number of hydrogen-bond acceptors (Lipinski definition) is 3. The van der Waals surface area contributed by atoms with E-state index in [0.29, 0.717) is 17.3 Å². The molecule has 2 rings (SSSR count). The normalized spacial score (nSPS) is 11.9. The number of nitrogens with zero attached hydrogens (tertiary/aromatic N) is 1. The largest absolute Gasteiger partial charge is 0.481 e. The van der Waals surface area contributed by atoms with Crippen molar-refractivity contribution in [3.63, 3.8) is 0 Å². The van der Waals surface area contributed by atoms with E-state index in [2.05, 4.69) is 15.3 Å². The second-order valence-electron chi connectivity index (χ2n) is 4.01. The van der Waals surface area contributed by atoms with Crippen molar-refractivity contribution >= 4 is 17.5 Å². The van der Waals surface area contributed by atoms with E-state index in [1.165, 1.54) is 0 Å². The molecule has 1 atom stereocenters. The molecule has 2 aromatic rings. The van der Waals surface area contributed by atoms with Crippen molar-refractivity contribution in [1.29, 1.82) is 0 Å². The number of ether oxygens (including phenoxy) is 1. The average Bonchev–Trinajstić information content (AvgIpc) is 2.89. The molecule has 0 saturated heterocycles. The van der Waals surface area contributed by atoms with E-state index in [1.54, 1.807) is 43.7 Å². The highest BCUT2D eigenvalue weighted by atomic mass is 35.5. The molecule has 0 aliphatic carbocycles. The van der Waals surface area contributed by atoms with Crippen LogP contribution < -0.4 is 10.1 Å². The van der Waals surface area contributed by atoms with Crippen LogP contribution in [0.1, 0.15) is 12.6 Å². The molecule has 0 fully saturated rings. The molecular weight excluding hydrogens is 266 g/mol. The molecule has 1 amide bonds. The zero-order valence-corrected chi connectivity index (χ0v) is 11.1. The van der Waals surface area contributed by atoms with Crippen LogP contribution in [0.3, 0.4) is 0 Å². The van der Waals surface area contributed by atoms with E-state index in [0.717, 1.165) is 5.69 Å². The van der Waals surface area contributed by atoms with E-state index >= 15 is 0 Å². The summed E-state index contributed by atoms with van der Waals surface area (Å²) in [5.74, 6) is 0.367. The van der Waals surface area contributed by atoms with Gasteiger partial charge in [-0.3, -0.25) is 4.79 Å². The lowest BCUT2D eigenvalue weighted by Gasteiger charge is -2.14. The van der Waals surface area contributed by atoms with Gasteiger partial charge in [-0.05, 0) is 25.1 Å². The van der Waals surface area contributed by atoms with Crippen molar-refractivity contribution < 1.29 is 9.53 Å². The summed E-state index contributed by atoms with van der Waals surface area (Å²) in [6.07, 6.45) is 2.62. The van der Waals surface area contributed by atoms with Crippen molar-refractivity contribution in [2.75, 3.05) is 0 Å². The number of hydrogen-bond donors (Lipinski definition) is 2. The van der Waals surface area contributed by atoms with Crippen LogP contribution in [0.15, 0.2) is 36.8 Å². The number of carbonyl (C=O) groups excluding carboxylic acids is 1. The lowest BCUT2D eigenvalue weighted by molar-refractivity contribution is -0.127. The molecule has 6 heteroatoms. The molecule has 0 aliphatic rings. The number of halogens is 1. The fourth-order valence-corrected chi connectivity index (χ4v) is 1.69. The maximum Gasteiger partial charge on any atom is 0.261 e. The SMILES string of the molecule is CC(Oc1cccc(Cl)c1)C(=O)NCc1cnc[nH]1. The van der Waals surface area contributed by atoms with Crippen molar-refractivity contribution in [1.82, 2.24) is 15.3 Å². The smallest absolute Gasteiger partial charge is 0.261 e. The van der Waals surface area contributed by atoms with Crippen LogP contribution in [0, 0.1) is 0 Å². The quantitative estimate of drug-likeness (QED) is 0.881. The van der Waals surface area contributed by atoms with Crippen LogP contribution in [0.2, 0.25) is 5.02 Å². The molecule has 5 nitrogen and oxygen atoms in total. The van der Waals surface area contributed by atoms with Crippen LogP contribution in [-0.4, -0.2) is 22.0 Å². The minimum Gasteiger partial charge on any atom is -0.481 e. The van der Waals surface area contributed by atoms with Crippen molar-refractivity contribution in [2.24, 2.45) is 0 Å². The predicted octanol–water partition coefficient (Wildman–Crippen LogP) is 2.15. The molecule has 1 aromatic heterocycles. The van der Waals surface area contributed by atoms with E-state index in [4.69, 9.17) is 16.3 Å². The van der Waals surface area contributed by atoms with Crippen molar-refractivity contribution in [3.8, 4) is 5.75 Å². The minimum absolute atomic E-state index is 0.199. The zero-order chi connectivity index (χ0) is 13.7. The second-order valence-corrected chi connectivity index (χ2v) is 4.45. The summed E-state index contributed by atoms with van der Waals surface area (Å²) in [5, 5.41) is 3.32. The molecule has 1 unspecified atom stereocenters. The molecular formula is C13H14ClN3O2. The van der Waals surface area contributed by atoms with Gasteiger partial charge in [0.1, 0.15) is 5.75 Å². The maximum atomic E-state index is 11.8. The van der Waals surface area contributed by atoms with Gasteiger partial charge in [-0.25, -0.2) is 4.98 Å². The number of aromatic amines is 1. The summed E-state index contributed by atoms with van der Waals surface area (Å²) < 4.78 is 5.50. The molecule has 0 radical (unpaired) electrons. The Bertz CT molecular complexity index is 543. The molecule has 0 aliphatic heterocycles. The molecule has 0 bridgehead atoms. The lowest BCUT2D eigenvalue weighted by atomic mass is 10.3. The summed E-state index contributed by atoms with van der Waals surface area (Å²) in [7, 11) is 0. The Morgan fingerprint density at radius 3 is 3.11 bits per heavy atom. The summed E-state index contributed by atoms with van der Waals surface area (Å²) in [6, 6.07) is 6.94. The Kier molecular flexibility index (Phi) is 4.41. The fourth-order valence-electron chi connectivity index (χ4n) is 1.51. The van der Waals surface area contributed by atoms with Crippen molar-refractivity contribution in [3.05, 3.63) is 47.5 Å². The van der Waals surface area contributed by atoms with Gasteiger partial charge in [-0.2, -0.15) is 0 Å².